The number of nitrogens with one attached hydrogen (secondary N) is 1. The molecule has 0 aromatic rings. The average molecular weight is 199 g/mol. The molecule has 2 unspecified atom stereocenters. The van der Waals surface area contributed by atoms with Crippen LogP contribution in [-0.4, -0.2) is 29.3 Å². The SMILES string of the molecule is CC1CCCN(C(=O)C(=O)NN)C1C. The van der Waals surface area contributed by atoms with Crippen LogP contribution in [0.1, 0.15) is 26.7 Å². The van der Waals surface area contributed by atoms with E-state index in [0.29, 0.717) is 12.5 Å². The van der Waals surface area contributed by atoms with E-state index in [4.69, 9.17) is 5.84 Å². The second kappa shape index (κ2) is 4.41. The Kier molecular flexibility index (Phi) is 3.46. The number of amides is 2. The molecule has 1 aliphatic heterocycles. The normalized spacial score (nSPS) is 27.2. The lowest BCUT2D eigenvalue weighted by molar-refractivity contribution is -0.148. The Morgan fingerprint density at radius 1 is 1.43 bits per heavy atom. The summed E-state index contributed by atoms with van der Waals surface area (Å²) >= 11 is 0. The Hall–Kier alpha value is -1.10. The molecular formula is C9H17N3O2. The summed E-state index contributed by atoms with van der Waals surface area (Å²) in [5, 5.41) is 0. The van der Waals surface area contributed by atoms with Crippen molar-refractivity contribution in [3.05, 3.63) is 0 Å². The van der Waals surface area contributed by atoms with Crippen molar-refractivity contribution in [3.8, 4) is 0 Å². The van der Waals surface area contributed by atoms with Gasteiger partial charge in [0, 0.05) is 12.6 Å². The van der Waals surface area contributed by atoms with Gasteiger partial charge >= 0.3 is 11.8 Å². The summed E-state index contributed by atoms with van der Waals surface area (Å²) in [6, 6.07) is 0.119. The highest BCUT2D eigenvalue weighted by molar-refractivity contribution is 6.34. The van der Waals surface area contributed by atoms with Crippen molar-refractivity contribution in [1.82, 2.24) is 10.3 Å². The number of likely N-dealkylation sites (tertiary alicyclic amines) is 1. The van der Waals surface area contributed by atoms with Crippen molar-refractivity contribution in [1.29, 1.82) is 0 Å². The molecule has 0 bridgehead atoms. The molecule has 2 amide bonds. The maximum atomic E-state index is 11.5. The van der Waals surface area contributed by atoms with Crippen LogP contribution in [0.3, 0.4) is 0 Å². The molecule has 1 heterocycles. The smallest absolute Gasteiger partial charge is 0.323 e. The van der Waals surface area contributed by atoms with Crippen molar-refractivity contribution < 1.29 is 9.59 Å². The van der Waals surface area contributed by atoms with Crippen LogP contribution in [0.2, 0.25) is 0 Å². The Morgan fingerprint density at radius 2 is 2.07 bits per heavy atom. The molecule has 3 N–H and O–H groups in total. The van der Waals surface area contributed by atoms with E-state index in [9.17, 15) is 9.59 Å². The summed E-state index contributed by atoms with van der Waals surface area (Å²) in [6.07, 6.45) is 2.06. The molecule has 14 heavy (non-hydrogen) atoms. The molecule has 0 aromatic carbocycles. The van der Waals surface area contributed by atoms with Gasteiger partial charge in [-0.2, -0.15) is 0 Å². The first-order valence-corrected chi connectivity index (χ1v) is 4.89. The standard InChI is InChI=1S/C9H17N3O2/c1-6-4-3-5-12(7(6)2)9(14)8(13)11-10/h6-7H,3-5,10H2,1-2H3,(H,11,13). The Morgan fingerprint density at radius 3 is 2.64 bits per heavy atom. The summed E-state index contributed by atoms with van der Waals surface area (Å²) in [5.74, 6) is 4.10. The van der Waals surface area contributed by atoms with E-state index in [1.807, 2.05) is 12.3 Å². The zero-order valence-corrected chi connectivity index (χ0v) is 8.62. The summed E-state index contributed by atoms with van der Waals surface area (Å²) in [6.45, 7) is 4.70. The number of carbonyl (C=O) groups is 2. The molecule has 80 valence electrons. The number of hydrazine groups is 1. The van der Waals surface area contributed by atoms with E-state index in [1.54, 1.807) is 4.90 Å². The van der Waals surface area contributed by atoms with Gasteiger partial charge in [0.05, 0.1) is 0 Å². The molecule has 1 saturated heterocycles. The quantitative estimate of drug-likeness (QED) is 0.242. The third-order valence-electron chi connectivity index (χ3n) is 2.96. The van der Waals surface area contributed by atoms with Crippen LogP contribution >= 0.6 is 0 Å². The van der Waals surface area contributed by atoms with Gasteiger partial charge in [-0.15, -0.1) is 0 Å². The lowest BCUT2D eigenvalue weighted by Gasteiger charge is -2.37. The molecule has 1 fully saturated rings. The van der Waals surface area contributed by atoms with Gasteiger partial charge in [-0.25, -0.2) is 5.84 Å². The zero-order chi connectivity index (χ0) is 10.7. The number of piperidine rings is 1. The van der Waals surface area contributed by atoms with Gasteiger partial charge < -0.3 is 4.90 Å². The molecule has 5 heteroatoms. The van der Waals surface area contributed by atoms with Gasteiger partial charge in [0.15, 0.2) is 0 Å². The number of nitrogens with zero attached hydrogens (tertiary/aromatic N) is 1. The van der Waals surface area contributed by atoms with Crippen molar-refractivity contribution in [2.24, 2.45) is 11.8 Å². The minimum absolute atomic E-state index is 0.119. The highest BCUT2D eigenvalue weighted by Gasteiger charge is 2.31. The first kappa shape index (κ1) is 11.0. The summed E-state index contributed by atoms with van der Waals surface area (Å²) in [5.41, 5.74) is 1.87. The molecule has 0 aliphatic carbocycles. The van der Waals surface area contributed by atoms with Crippen LogP contribution < -0.4 is 11.3 Å². The first-order valence-electron chi connectivity index (χ1n) is 4.89. The first-order chi connectivity index (χ1) is 6.57. The van der Waals surface area contributed by atoms with E-state index in [0.717, 1.165) is 12.8 Å². The minimum Gasteiger partial charge on any atom is -0.331 e. The van der Waals surface area contributed by atoms with E-state index in [2.05, 4.69) is 6.92 Å². The van der Waals surface area contributed by atoms with Crippen LogP contribution in [0.5, 0.6) is 0 Å². The summed E-state index contributed by atoms with van der Waals surface area (Å²) < 4.78 is 0. The van der Waals surface area contributed by atoms with Crippen LogP contribution in [0.15, 0.2) is 0 Å². The molecule has 1 aliphatic rings. The Balaban J connectivity index is 2.66. The Labute approximate surface area is 83.6 Å². The van der Waals surface area contributed by atoms with Crippen molar-refractivity contribution in [2.45, 2.75) is 32.7 Å². The molecule has 5 nitrogen and oxygen atoms in total. The summed E-state index contributed by atoms with van der Waals surface area (Å²) in [4.78, 5) is 24.1. The molecule has 0 radical (unpaired) electrons. The monoisotopic (exact) mass is 199 g/mol. The minimum atomic E-state index is -0.731. The van der Waals surface area contributed by atoms with Crippen LogP contribution in [0.4, 0.5) is 0 Å². The van der Waals surface area contributed by atoms with Gasteiger partial charge in [0.2, 0.25) is 0 Å². The molecular weight excluding hydrogens is 182 g/mol. The fourth-order valence-electron chi connectivity index (χ4n) is 1.81. The number of nitrogens with two attached hydrogens (primary N) is 1. The van der Waals surface area contributed by atoms with Gasteiger partial charge in [-0.3, -0.25) is 15.0 Å². The van der Waals surface area contributed by atoms with Gasteiger partial charge in [-0.1, -0.05) is 6.92 Å². The van der Waals surface area contributed by atoms with Crippen LogP contribution in [-0.2, 0) is 9.59 Å². The number of hydrogen-bond acceptors (Lipinski definition) is 3. The van der Waals surface area contributed by atoms with Gasteiger partial charge in [-0.05, 0) is 25.7 Å². The molecule has 2 atom stereocenters. The van der Waals surface area contributed by atoms with Crippen molar-refractivity contribution >= 4 is 11.8 Å². The predicted molar refractivity (Wildman–Crippen MR) is 51.9 cm³/mol. The highest BCUT2D eigenvalue weighted by Crippen LogP contribution is 2.22. The average Bonchev–Trinajstić information content (AvgIpc) is 2.20. The molecule has 1 rings (SSSR count). The van der Waals surface area contributed by atoms with Crippen molar-refractivity contribution in [2.75, 3.05) is 6.54 Å². The zero-order valence-electron chi connectivity index (χ0n) is 8.62. The largest absolute Gasteiger partial charge is 0.331 e. The molecule has 0 aromatic heterocycles. The third-order valence-corrected chi connectivity index (χ3v) is 2.96. The summed E-state index contributed by atoms with van der Waals surface area (Å²) in [7, 11) is 0. The fraction of sp³-hybridized carbons (Fsp3) is 0.778. The lowest BCUT2D eigenvalue weighted by atomic mass is 9.92. The van der Waals surface area contributed by atoms with E-state index >= 15 is 0 Å². The van der Waals surface area contributed by atoms with Crippen LogP contribution in [0.25, 0.3) is 0 Å². The van der Waals surface area contributed by atoms with Gasteiger partial charge in [0.25, 0.3) is 0 Å². The van der Waals surface area contributed by atoms with Crippen molar-refractivity contribution in [3.63, 3.8) is 0 Å². The number of hydrogen-bond donors (Lipinski definition) is 2. The maximum absolute atomic E-state index is 11.5. The second-order valence-corrected chi connectivity index (χ2v) is 3.83. The van der Waals surface area contributed by atoms with E-state index in [1.165, 1.54) is 0 Å². The van der Waals surface area contributed by atoms with Gasteiger partial charge in [0.1, 0.15) is 0 Å². The third kappa shape index (κ3) is 2.04. The highest BCUT2D eigenvalue weighted by atomic mass is 16.2. The predicted octanol–water partition coefficient (Wildman–Crippen LogP) is -0.377. The number of carbonyl (C=O) groups excluding carboxylic acids is 2. The van der Waals surface area contributed by atoms with E-state index in [-0.39, 0.29) is 6.04 Å². The number of rotatable bonds is 0. The Bertz CT molecular complexity index is 242. The molecule has 0 spiro atoms. The molecule has 0 saturated carbocycles. The lowest BCUT2D eigenvalue weighted by Crippen LogP contribution is -2.52. The van der Waals surface area contributed by atoms with E-state index < -0.39 is 11.8 Å². The topological polar surface area (TPSA) is 75.4 Å². The fourth-order valence-corrected chi connectivity index (χ4v) is 1.81. The maximum Gasteiger partial charge on any atom is 0.323 e. The van der Waals surface area contributed by atoms with Crippen LogP contribution in [0, 0.1) is 5.92 Å². The second-order valence-electron chi connectivity index (χ2n) is 3.83.